The van der Waals surface area contributed by atoms with Gasteiger partial charge in [-0.1, -0.05) is 30.3 Å². The lowest BCUT2D eigenvalue weighted by Gasteiger charge is -2.39. The highest BCUT2D eigenvalue weighted by Gasteiger charge is 2.30. The Hall–Kier alpha value is -3.16. The van der Waals surface area contributed by atoms with Crippen LogP contribution < -0.4 is 15.2 Å². The predicted octanol–water partition coefficient (Wildman–Crippen LogP) is 3.70. The number of aryl methyl sites for hydroxylation is 1. The second-order valence-electron chi connectivity index (χ2n) is 8.77. The molecule has 2 aliphatic rings. The van der Waals surface area contributed by atoms with Gasteiger partial charge in [0.15, 0.2) is 0 Å². The molecule has 172 valence electrons. The van der Waals surface area contributed by atoms with Crippen LogP contribution >= 0.6 is 0 Å². The van der Waals surface area contributed by atoms with Gasteiger partial charge in [-0.05, 0) is 49.6 Å². The van der Waals surface area contributed by atoms with Crippen molar-refractivity contribution in [3.05, 3.63) is 81.8 Å². The topological polar surface area (TPSA) is 59.8 Å². The molecule has 3 heterocycles. The maximum Gasteiger partial charge on any atom is 0.259 e. The van der Waals surface area contributed by atoms with Crippen molar-refractivity contribution in [1.29, 1.82) is 0 Å². The summed E-state index contributed by atoms with van der Waals surface area (Å²) in [7, 11) is 1.66. The molecular weight excluding hydrogens is 416 g/mol. The Morgan fingerprint density at radius 1 is 1.09 bits per heavy atom. The quantitative estimate of drug-likeness (QED) is 0.576. The maximum absolute atomic E-state index is 13.7. The zero-order valence-corrected chi connectivity index (χ0v) is 19.2. The highest BCUT2D eigenvalue weighted by Crippen LogP contribution is 2.30. The molecule has 0 spiro atoms. The van der Waals surface area contributed by atoms with E-state index in [1.807, 2.05) is 54.0 Å². The molecule has 1 saturated heterocycles. The van der Waals surface area contributed by atoms with Gasteiger partial charge in [-0.3, -0.25) is 19.2 Å². The van der Waals surface area contributed by atoms with E-state index >= 15 is 0 Å². The van der Waals surface area contributed by atoms with E-state index in [4.69, 9.17) is 14.5 Å². The number of benzene rings is 2. The lowest BCUT2D eigenvalue weighted by Crippen LogP contribution is -2.50. The van der Waals surface area contributed by atoms with Crippen LogP contribution in [0.25, 0.3) is 0 Å². The van der Waals surface area contributed by atoms with Crippen molar-refractivity contribution < 1.29 is 9.47 Å². The number of aromatic nitrogens is 2. The van der Waals surface area contributed by atoms with Gasteiger partial charge >= 0.3 is 0 Å². The van der Waals surface area contributed by atoms with Gasteiger partial charge in [0, 0.05) is 30.8 Å². The number of anilines is 2. The van der Waals surface area contributed by atoms with Gasteiger partial charge in [0.25, 0.3) is 5.56 Å². The van der Waals surface area contributed by atoms with Gasteiger partial charge in [-0.15, -0.1) is 0 Å². The number of hydrogen-bond donors (Lipinski definition) is 0. The van der Waals surface area contributed by atoms with Gasteiger partial charge < -0.3 is 9.47 Å². The molecule has 0 radical (unpaired) electrons. The monoisotopic (exact) mass is 446 g/mol. The number of ether oxygens (including phenoxy) is 2. The zero-order chi connectivity index (χ0) is 22.8. The number of methoxy groups -OCH3 is 1. The van der Waals surface area contributed by atoms with Crippen molar-refractivity contribution >= 4 is 11.6 Å². The third-order valence-electron chi connectivity index (χ3n) is 6.47. The molecule has 3 aromatic rings. The number of nitrogens with zero attached hydrogens (tertiary/aromatic N) is 4. The SMILES string of the molecule is COc1ccc(N2CN(C[C@H]3CCCO3)Cn3c2nc(C)c(Cc2ccccc2)c3=O)cc1. The van der Waals surface area contributed by atoms with E-state index in [-0.39, 0.29) is 11.7 Å². The van der Waals surface area contributed by atoms with Crippen molar-refractivity contribution in [2.24, 2.45) is 0 Å². The van der Waals surface area contributed by atoms with Crippen molar-refractivity contribution in [1.82, 2.24) is 14.5 Å². The number of hydrogen-bond acceptors (Lipinski definition) is 6. The van der Waals surface area contributed by atoms with Crippen molar-refractivity contribution in [3.63, 3.8) is 0 Å². The molecule has 7 nitrogen and oxygen atoms in total. The standard InChI is InChI=1S/C26H30N4O3/c1-19-24(15-20-7-4-3-5-8-20)25(31)30-18-28(16-23-9-6-14-33-23)17-29(26(30)27-19)21-10-12-22(32-2)13-11-21/h3-5,7-8,10-13,23H,6,9,14-18H2,1-2H3/t23-/m1/s1. The first-order valence-corrected chi connectivity index (χ1v) is 11.5. The van der Waals surface area contributed by atoms with Gasteiger partial charge in [0.2, 0.25) is 5.95 Å². The van der Waals surface area contributed by atoms with E-state index in [0.29, 0.717) is 25.7 Å². The zero-order valence-electron chi connectivity index (χ0n) is 19.2. The van der Waals surface area contributed by atoms with Crippen LogP contribution in [-0.4, -0.2) is 47.5 Å². The Labute approximate surface area is 194 Å². The fourth-order valence-electron chi connectivity index (χ4n) is 4.68. The third kappa shape index (κ3) is 4.51. The van der Waals surface area contributed by atoms with Crippen LogP contribution in [0.4, 0.5) is 11.6 Å². The molecule has 33 heavy (non-hydrogen) atoms. The summed E-state index contributed by atoms with van der Waals surface area (Å²) in [5.41, 5.74) is 3.64. The largest absolute Gasteiger partial charge is 0.497 e. The molecule has 7 heteroatoms. The van der Waals surface area contributed by atoms with Crippen LogP contribution in [0.3, 0.4) is 0 Å². The Bertz CT molecular complexity index is 1150. The van der Waals surface area contributed by atoms with E-state index in [0.717, 1.165) is 54.3 Å². The van der Waals surface area contributed by atoms with E-state index in [1.54, 1.807) is 7.11 Å². The van der Waals surface area contributed by atoms with Gasteiger partial charge in [-0.2, -0.15) is 0 Å². The Morgan fingerprint density at radius 2 is 1.88 bits per heavy atom. The number of rotatable bonds is 6. The summed E-state index contributed by atoms with van der Waals surface area (Å²) >= 11 is 0. The predicted molar refractivity (Wildman–Crippen MR) is 128 cm³/mol. The molecule has 2 aliphatic heterocycles. The smallest absolute Gasteiger partial charge is 0.259 e. The van der Waals surface area contributed by atoms with Crippen molar-refractivity contribution in [3.8, 4) is 5.75 Å². The molecule has 0 aliphatic carbocycles. The van der Waals surface area contributed by atoms with Crippen LogP contribution in [0, 0.1) is 6.92 Å². The minimum atomic E-state index is 0.0249. The summed E-state index contributed by atoms with van der Waals surface area (Å²) in [5.74, 6) is 1.48. The summed E-state index contributed by atoms with van der Waals surface area (Å²) < 4.78 is 13.0. The second-order valence-corrected chi connectivity index (χ2v) is 8.77. The molecule has 0 N–H and O–H groups in total. The van der Waals surface area contributed by atoms with Crippen LogP contribution in [0.2, 0.25) is 0 Å². The minimum Gasteiger partial charge on any atom is -0.497 e. The maximum atomic E-state index is 13.7. The Morgan fingerprint density at radius 3 is 2.58 bits per heavy atom. The molecule has 0 bridgehead atoms. The van der Waals surface area contributed by atoms with E-state index in [2.05, 4.69) is 21.9 Å². The van der Waals surface area contributed by atoms with Crippen LogP contribution in [0.1, 0.15) is 29.7 Å². The molecule has 1 fully saturated rings. The molecule has 1 atom stereocenters. The molecule has 2 aromatic carbocycles. The van der Waals surface area contributed by atoms with Crippen LogP contribution in [0.5, 0.6) is 5.75 Å². The molecular formula is C26H30N4O3. The van der Waals surface area contributed by atoms with E-state index in [1.165, 1.54) is 0 Å². The van der Waals surface area contributed by atoms with E-state index < -0.39 is 0 Å². The van der Waals surface area contributed by atoms with Gasteiger partial charge in [0.1, 0.15) is 5.75 Å². The average molecular weight is 447 g/mol. The molecule has 1 aromatic heterocycles. The lowest BCUT2D eigenvalue weighted by molar-refractivity contribution is 0.0584. The minimum absolute atomic E-state index is 0.0249. The highest BCUT2D eigenvalue weighted by atomic mass is 16.5. The molecule has 0 saturated carbocycles. The normalized spacial score (nSPS) is 18.4. The van der Waals surface area contributed by atoms with Gasteiger partial charge in [-0.25, -0.2) is 4.98 Å². The first kappa shape index (κ1) is 21.7. The summed E-state index contributed by atoms with van der Waals surface area (Å²) in [6.07, 6.45) is 2.94. The first-order valence-electron chi connectivity index (χ1n) is 11.5. The molecule has 0 unspecified atom stereocenters. The summed E-state index contributed by atoms with van der Waals surface area (Å²) in [5, 5.41) is 0. The van der Waals surface area contributed by atoms with Crippen LogP contribution in [0.15, 0.2) is 59.4 Å². The Kier molecular flexibility index (Phi) is 6.15. The molecule has 0 amide bonds. The second kappa shape index (κ2) is 9.37. The van der Waals surface area contributed by atoms with Gasteiger partial charge in [0.05, 0.1) is 32.2 Å². The summed E-state index contributed by atoms with van der Waals surface area (Å²) in [4.78, 5) is 23.0. The average Bonchev–Trinajstić information content (AvgIpc) is 3.36. The fraction of sp³-hybridized carbons (Fsp3) is 0.385. The lowest BCUT2D eigenvalue weighted by atomic mass is 10.1. The molecule has 5 rings (SSSR count). The fourth-order valence-corrected chi connectivity index (χ4v) is 4.68. The van der Waals surface area contributed by atoms with Crippen LogP contribution in [-0.2, 0) is 17.8 Å². The third-order valence-corrected chi connectivity index (χ3v) is 6.47. The van der Waals surface area contributed by atoms with Crippen molar-refractivity contribution in [2.75, 3.05) is 31.8 Å². The number of fused-ring (bicyclic) bond motifs is 1. The summed E-state index contributed by atoms with van der Waals surface area (Å²) in [6.45, 7) is 4.71. The first-order chi connectivity index (χ1) is 16.1. The Balaban J connectivity index is 1.54. The van der Waals surface area contributed by atoms with Crippen molar-refractivity contribution in [2.45, 2.75) is 39.0 Å². The van der Waals surface area contributed by atoms with E-state index in [9.17, 15) is 4.79 Å². The summed E-state index contributed by atoms with van der Waals surface area (Å²) in [6, 6.07) is 18.0. The highest BCUT2D eigenvalue weighted by molar-refractivity contribution is 5.59.